The van der Waals surface area contributed by atoms with Crippen molar-refractivity contribution >= 4 is 28.6 Å². The van der Waals surface area contributed by atoms with Gasteiger partial charge < -0.3 is 5.32 Å². The van der Waals surface area contributed by atoms with Gasteiger partial charge in [0.05, 0.1) is 6.04 Å². The van der Waals surface area contributed by atoms with Crippen LogP contribution in [0.15, 0.2) is 59.6 Å². The Labute approximate surface area is 143 Å². The molecule has 0 aliphatic heterocycles. The number of pyridine rings is 1. The van der Waals surface area contributed by atoms with E-state index in [2.05, 4.69) is 39.3 Å². The van der Waals surface area contributed by atoms with E-state index in [0.29, 0.717) is 5.92 Å². The number of rotatable bonds is 5. The SMILES string of the molecule is O=C(NC(c1cccs1)c1cccs1)[C@H]1C[C@H]1c1cccnc1. The Bertz CT molecular complexity index is 734. The van der Waals surface area contributed by atoms with Crippen LogP contribution in [0.4, 0.5) is 0 Å². The second-order valence-electron chi connectivity index (χ2n) is 5.71. The van der Waals surface area contributed by atoms with Crippen LogP contribution in [-0.2, 0) is 4.79 Å². The van der Waals surface area contributed by atoms with Crippen molar-refractivity contribution in [3.63, 3.8) is 0 Å². The van der Waals surface area contributed by atoms with Crippen LogP contribution < -0.4 is 5.32 Å². The van der Waals surface area contributed by atoms with Crippen molar-refractivity contribution in [2.45, 2.75) is 18.4 Å². The first kappa shape index (κ1) is 14.6. The van der Waals surface area contributed by atoms with Gasteiger partial charge in [0.15, 0.2) is 0 Å². The second kappa shape index (κ2) is 6.26. The molecule has 3 aromatic heterocycles. The van der Waals surface area contributed by atoms with Crippen molar-refractivity contribution in [3.05, 3.63) is 74.9 Å². The van der Waals surface area contributed by atoms with Gasteiger partial charge in [-0.05, 0) is 46.9 Å². The monoisotopic (exact) mass is 340 g/mol. The molecule has 3 nitrogen and oxygen atoms in total. The van der Waals surface area contributed by atoms with E-state index in [1.54, 1.807) is 28.9 Å². The van der Waals surface area contributed by atoms with E-state index in [-0.39, 0.29) is 17.9 Å². The van der Waals surface area contributed by atoms with Crippen molar-refractivity contribution in [1.82, 2.24) is 10.3 Å². The van der Waals surface area contributed by atoms with Crippen LogP contribution in [0, 0.1) is 5.92 Å². The minimum Gasteiger partial charge on any atom is -0.343 e. The Morgan fingerprint density at radius 2 is 1.87 bits per heavy atom. The third-order valence-electron chi connectivity index (χ3n) is 4.18. The largest absolute Gasteiger partial charge is 0.343 e. The minimum absolute atomic E-state index is 0.0300. The molecule has 0 spiro atoms. The highest BCUT2D eigenvalue weighted by Crippen LogP contribution is 2.47. The highest BCUT2D eigenvalue weighted by atomic mass is 32.1. The van der Waals surface area contributed by atoms with Gasteiger partial charge in [-0.1, -0.05) is 18.2 Å². The maximum absolute atomic E-state index is 12.7. The van der Waals surface area contributed by atoms with Gasteiger partial charge in [-0.15, -0.1) is 22.7 Å². The van der Waals surface area contributed by atoms with Gasteiger partial charge in [-0.2, -0.15) is 0 Å². The zero-order valence-corrected chi connectivity index (χ0v) is 14.0. The van der Waals surface area contributed by atoms with Crippen molar-refractivity contribution in [3.8, 4) is 0 Å². The summed E-state index contributed by atoms with van der Waals surface area (Å²) >= 11 is 3.36. The van der Waals surface area contributed by atoms with E-state index in [9.17, 15) is 4.79 Å². The number of carbonyl (C=O) groups is 1. The lowest BCUT2D eigenvalue weighted by atomic mass is 10.1. The van der Waals surface area contributed by atoms with Crippen molar-refractivity contribution < 1.29 is 4.79 Å². The number of aromatic nitrogens is 1. The minimum atomic E-state index is -0.0300. The van der Waals surface area contributed by atoms with Gasteiger partial charge in [0.1, 0.15) is 0 Å². The molecule has 1 N–H and O–H groups in total. The molecular weight excluding hydrogens is 324 g/mol. The van der Waals surface area contributed by atoms with E-state index in [4.69, 9.17) is 0 Å². The zero-order valence-electron chi connectivity index (χ0n) is 12.4. The number of hydrogen-bond acceptors (Lipinski definition) is 4. The summed E-state index contributed by atoms with van der Waals surface area (Å²) < 4.78 is 0. The highest BCUT2D eigenvalue weighted by Gasteiger charge is 2.44. The zero-order chi connectivity index (χ0) is 15.6. The lowest BCUT2D eigenvalue weighted by Crippen LogP contribution is -2.30. The fourth-order valence-electron chi connectivity index (χ4n) is 2.89. The van der Waals surface area contributed by atoms with E-state index in [1.807, 2.05) is 24.4 Å². The van der Waals surface area contributed by atoms with E-state index < -0.39 is 0 Å². The van der Waals surface area contributed by atoms with E-state index in [1.165, 1.54) is 9.75 Å². The molecule has 1 amide bonds. The number of carbonyl (C=O) groups excluding carboxylic acids is 1. The van der Waals surface area contributed by atoms with Crippen molar-refractivity contribution in [1.29, 1.82) is 0 Å². The highest BCUT2D eigenvalue weighted by molar-refractivity contribution is 7.11. The summed E-state index contributed by atoms with van der Waals surface area (Å²) in [6, 6.07) is 12.2. The van der Waals surface area contributed by atoms with Gasteiger partial charge in [-0.3, -0.25) is 9.78 Å². The molecule has 3 aromatic rings. The van der Waals surface area contributed by atoms with Crippen LogP contribution in [0.25, 0.3) is 0 Å². The summed E-state index contributed by atoms with van der Waals surface area (Å²) in [6.07, 6.45) is 4.55. The van der Waals surface area contributed by atoms with Gasteiger partial charge in [0, 0.05) is 28.1 Å². The Balaban J connectivity index is 1.49. The summed E-state index contributed by atoms with van der Waals surface area (Å²) in [6.45, 7) is 0. The molecular formula is C18H16N2OS2. The third-order valence-corrected chi connectivity index (χ3v) is 6.06. The molecule has 116 valence electrons. The maximum Gasteiger partial charge on any atom is 0.224 e. The summed E-state index contributed by atoms with van der Waals surface area (Å²) in [5.41, 5.74) is 1.16. The molecule has 5 heteroatoms. The summed E-state index contributed by atoms with van der Waals surface area (Å²) in [4.78, 5) is 19.2. The van der Waals surface area contributed by atoms with Crippen molar-refractivity contribution in [2.24, 2.45) is 5.92 Å². The predicted molar refractivity (Wildman–Crippen MR) is 93.7 cm³/mol. The Morgan fingerprint density at radius 1 is 1.13 bits per heavy atom. The molecule has 4 rings (SSSR count). The van der Waals surface area contributed by atoms with Crippen LogP contribution in [0.2, 0.25) is 0 Å². The molecule has 1 aliphatic rings. The maximum atomic E-state index is 12.7. The molecule has 0 unspecified atom stereocenters. The Morgan fingerprint density at radius 3 is 2.43 bits per heavy atom. The Hall–Kier alpha value is -1.98. The summed E-state index contributed by atoms with van der Waals surface area (Å²) in [5.74, 6) is 0.531. The van der Waals surface area contributed by atoms with E-state index in [0.717, 1.165) is 12.0 Å². The first-order valence-corrected chi connectivity index (χ1v) is 9.36. The molecule has 3 heterocycles. The van der Waals surface area contributed by atoms with Gasteiger partial charge in [0.25, 0.3) is 0 Å². The van der Waals surface area contributed by atoms with Crippen LogP contribution >= 0.6 is 22.7 Å². The average molecular weight is 340 g/mol. The lowest BCUT2D eigenvalue weighted by molar-refractivity contribution is -0.122. The smallest absolute Gasteiger partial charge is 0.224 e. The topological polar surface area (TPSA) is 42.0 Å². The summed E-state index contributed by atoms with van der Waals surface area (Å²) in [7, 11) is 0. The first-order valence-electron chi connectivity index (χ1n) is 7.60. The molecule has 1 aliphatic carbocycles. The Kier molecular flexibility index (Phi) is 3.97. The number of thiophene rings is 2. The fourth-order valence-corrected chi connectivity index (χ4v) is 4.55. The van der Waals surface area contributed by atoms with Crippen LogP contribution in [0.3, 0.4) is 0 Å². The van der Waals surface area contributed by atoms with E-state index >= 15 is 0 Å². The molecule has 0 aromatic carbocycles. The molecule has 0 saturated heterocycles. The van der Waals surface area contributed by atoms with Crippen LogP contribution in [0.1, 0.15) is 33.7 Å². The molecule has 0 radical (unpaired) electrons. The second-order valence-corrected chi connectivity index (χ2v) is 7.67. The number of nitrogens with one attached hydrogen (secondary N) is 1. The average Bonchev–Trinajstić information content (AvgIpc) is 2.99. The molecule has 0 bridgehead atoms. The van der Waals surface area contributed by atoms with Gasteiger partial charge >= 0.3 is 0 Å². The number of amides is 1. The summed E-state index contributed by atoms with van der Waals surface area (Å²) in [5, 5.41) is 7.35. The molecule has 23 heavy (non-hydrogen) atoms. The van der Waals surface area contributed by atoms with Crippen molar-refractivity contribution in [2.75, 3.05) is 0 Å². The molecule has 1 fully saturated rings. The standard InChI is InChI=1S/C18H16N2OS2/c21-18(14-10-13(14)12-4-1-7-19-11-12)20-17(15-5-2-8-22-15)16-6-3-9-23-16/h1-9,11,13-14,17H,10H2,(H,20,21)/t13-,14-/m0/s1. The fraction of sp³-hybridized carbons (Fsp3) is 0.222. The van der Waals surface area contributed by atoms with Crippen LogP contribution in [0.5, 0.6) is 0 Å². The quantitative estimate of drug-likeness (QED) is 0.756. The number of nitrogens with zero attached hydrogens (tertiary/aromatic N) is 1. The third kappa shape index (κ3) is 3.07. The van der Waals surface area contributed by atoms with Crippen LogP contribution in [-0.4, -0.2) is 10.9 Å². The molecule has 2 atom stereocenters. The predicted octanol–water partition coefficient (Wildman–Crippen LogP) is 4.21. The number of hydrogen-bond donors (Lipinski definition) is 1. The normalized spacial score (nSPS) is 19.7. The molecule has 1 saturated carbocycles. The van der Waals surface area contributed by atoms with Gasteiger partial charge in [0.2, 0.25) is 5.91 Å². The van der Waals surface area contributed by atoms with Gasteiger partial charge in [-0.25, -0.2) is 0 Å². The first-order chi connectivity index (χ1) is 11.3. The lowest BCUT2D eigenvalue weighted by Gasteiger charge is -2.16.